The fraction of sp³-hybridized carbons (Fsp3) is 0.941. The van der Waals surface area contributed by atoms with E-state index in [2.05, 4.69) is 17.1 Å². The molecule has 2 fully saturated rings. The Labute approximate surface area is 147 Å². The van der Waals surface area contributed by atoms with Gasteiger partial charge in [0.25, 0.3) is 0 Å². The molecule has 0 aliphatic carbocycles. The fourth-order valence-corrected chi connectivity index (χ4v) is 4.92. The van der Waals surface area contributed by atoms with E-state index in [1.54, 1.807) is 6.92 Å². The molecule has 2 saturated heterocycles. The largest absolute Gasteiger partial charge is 0.356 e. The normalized spacial score (nSPS) is 27.1. The van der Waals surface area contributed by atoms with E-state index in [9.17, 15) is 13.2 Å². The lowest BCUT2D eigenvalue weighted by Gasteiger charge is -2.31. The number of amides is 1. The predicted octanol–water partition coefficient (Wildman–Crippen LogP) is 1.29. The Hall–Kier alpha value is -0.660. The summed E-state index contributed by atoms with van der Waals surface area (Å²) in [5, 5.41) is 3.01. The van der Waals surface area contributed by atoms with Crippen molar-refractivity contribution in [3.8, 4) is 0 Å². The standard InChI is InChI=1S/C17H33N3O3S/c1-3-24(22,23)20-12-5-8-16(14-20)17(21)18-9-6-11-19-10-4-7-15(2)13-19/h15-16H,3-14H2,1-2H3,(H,18,21). The van der Waals surface area contributed by atoms with Crippen molar-refractivity contribution >= 4 is 15.9 Å². The molecule has 0 saturated carbocycles. The van der Waals surface area contributed by atoms with Crippen LogP contribution in [0.3, 0.4) is 0 Å². The fourth-order valence-electron chi connectivity index (χ4n) is 3.74. The molecule has 2 aliphatic heterocycles. The monoisotopic (exact) mass is 359 g/mol. The molecule has 0 aromatic heterocycles. The van der Waals surface area contributed by atoms with Crippen molar-refractivity contribution in [2.45, 2.75) is 46.0 Å². The van der Waals surface area contributed by atoms with Crippen LogP contribution in [0.15, 0.2) is 0 Å². The Morgan fingerprint density at radius 3 is 2.62 bits per heavy atom. The zero-order chi connectivity index (χ0) is 17.6. The molecule has 0 aromatic rings. The molecule has 24 heavy (non-hydrogen) atoms. The molecule has 1 amide bonds. The number of nitrogens with one attached hydrogen (secondary N) is 1. The van der Waals surface area contributed by atoms with Crippen LogP contribution >= 0.6 is 0 Å². The van der Waals surface area contributed by atoms with E-state index in [4.69, 9.17) is 0 Å². The third kappa shape index (κ3) is 5.70. The van der Waals surface area contributed by atoms with E-state index < -0.39 is 10.0 Å². The average molecular weight is 360 g/mol. The molecule has 0 aromatic carbocycles. The number of likely N-dealkylation sites (tertiary alicyclic amines) is 1. The maximum atomic E-state index is 12.3. The first-order chi connectivity index (χ1) is 11.4. The van der Waals surface area contributed by atoms with E-state index >= 15 is 0 Å². The Morgan fingerprint density at radius 1 is 1.17 bits per heavy atom. The topological polar surface area (TPSA) is 69.7 Å². The molecule has 2 rings (SSSR count). The Balaban J connectivity index is 1.68. The average Bonchev–Trinajstić information content (AvgIpc) is 2.58. The summed E-state index contributed by atoms with van der Waals surface area (Å²) in [5.41, 5.74) is 0. The molecule has 2 heterocycles. The number of nitrogens with zero attached hydrogens (tertiary/aromatic N) is 2. The van der Waals surface area contributed by atoms with Crippen LogP contribution in [0, 0.1) is 11.8 Å². The molecule has 6 nitrogen and oxygen atoms in total. The lowest BCUT2D eigenvalue weighted by atomic mass is 9.99. The van der Waals surface area contributed by atoms with Gasteiger partial charge in [-0.1, -0.05) is 6.92 Å². The second kappa shape index (κ2) is 9.15. The zero-order valence-corrected chi connectivity index (χ0v) is 16.0. The van der Waals surface area contributed by atoms with Crippen LogP contribution in [-0.4, -0.2) is 68.6 Å². The second-order valence-electron chi connectivity index (χ2n) is 7.29. The van der Waals surface area contributed by atoms with Crippen molar-refractivity contribution in [1.29, 1.82) is 0 Å². The van der Waals surface area contributed by atoms with E-state index in [0.717, 1.165) is 31.7 Å². The van der Waals surface area contributed by atoms with Gasteiger partial charge in [-0.05, 0) is 58.0 Å². The van der Waals surface area contributed by atoms with Gasteiger partial charge in [0, 0.05) is 26.2 Å². The third-order valence-electron chi connectivity index (χ3n) is 5.20. The molecule has 2 aliphatic rings. The Bertz CT molecular complexity index is 509. The van der Waals surface area contributed by atoms with Crippen molar-refractivity contribution < 1.29 is 13.2 Å². The first-order valence-electron chi connectivity index (χ1n) is 9.40. The van der Waals surface area contributed by atoms with E-state index in [1.165, 1.54) is 30.2 Å². The quantitative estimate of drug-likeness (QED) is 0.696. The number of rotatable bonds is 7. The summed E-state index contributed by atoms with van der Waals surface area (Å²) in [5.74, 6) is 0.699. The highest BCUT2D eigenvalue weighted by atomic mass is 32.2. The first-order valence-corrected chi connectivity index (χ1v) is 11.0. The van der Waals surface area contributed by atoms with Crippen LogP contribution in [0.5, 0.6) is 0 Å². The lowest BCUT2D eigenvalue weighted by Crippen LogP contribution is -2.46. The summed E-state index contributed by atoms with van der Waals surface area (Å²) in [6, 6.07) is 0. The van der Waals surface area contributed by atoms with Crippen molar-refractivity contribution in [2.24, 2.45) is 11.8 Å². The van der Waals surface area contributed by atoms with Gasteiger partial charge in [-0.25, -0.2) is 12.7 Å². The Morgan fingerprint density at radius 2 is 1.92 bits per heavy atom. The van der Waals surface area contributed by atoms with Gasteiger partial charge in [-0.3, -0.25) is 4.79 Å². The molecule has 2 atom stereocenters. The van der Waals surface area contributed by atoms with Gasteiger partial charge in [-0.2, -0.15) is 0 Å². The van der Waals surface area contributed by atoms with Crippen LogP contribution in [-0.2, 0) is 14.8 Å². The van der Waals surface area contributed by atoms with E-state index in [1.807, 2.05) is 0 Å². The van der Waals surface area contributed by atoms with Gasteiger partial charge in [-0.15, -0.1) is 0 Å². The van der Waals surface area contributed by atoms with Crippen molar-refractivity contribution in [1.82, 2.24) is 14.5 Å². The summed E-state index contributed by atoms with van der Waals surface area (Å²) >= 11 is 0. The molecule has 0 bridgehead atoms. The van der Waals surface area contributed by atoms with Crippen molar-refractivity contribution in [2.75, 3.05) is 45.0 Å². The zero-order valence-electron chi connectivity index (χ0n) is 15.2. The molecule has 0 radical (unpaired) electrons. The highest BCUT2D eigenvalue weighted by Crippen LogP contribution is 2.19. The van der Waals surface area contributed by atoms with Gasteiger partial charge >= 0.3 is 0 Å². The molecule has 2 unspecified atom stereocenters. The number of hydrogen-bond acceptors (Lipinski definition) is 4. The van der Waals surface area contributed by atoms with Crippen molar-refractivity contribution in [3.05, 3.63) is 0 Å². The van der Waals surface area contributed by atoms with Gasteiger partial charge in [0.15, 0.2) is 0 Å². The van der Waals surface area contributed by atoms with Gasteiger partial charge in [0.05, 0.1) is 11.7 Å². The van der Waals surface area contributed by atoms with Crippen LogP contribution in [0.4, 0.5) is 0 Å². The minimum absolute atomic E-state index is 0.0121. The molecule has 7 heteroatoms. The molecular formula is C17H33N3O3S. The predicted molar refractivity (Wildman–Crippen MR) is 96.2 cm³/mol. The van der Waals surface area contributed by atoms with Gasteiger partial charge in [0.2, 0.25) is 15.9 Å². The lowest BCUT2D eigenvalue weighted by molar-refractivity contribution is -0.126. The molecule has 1 N–H and O–H groups in total. The minimum Gasteiger partial charge on any atom is -0.356 e. The summed E-state index contributed by atoms with van der Waals surface area (Å²) in [4.78, 5) is 14.8. The smallest absolute Gasteiger partial charge is 0.224 e. The Kier molecular flexibility index (Phi) is 7.50. The van der Waals surface area contributed by atoms with Gasteiger partial charge in [0.1, 0.15) is 0 Å². The number of sulfonamides is 1. The number of carbonyl (C=O) groups excluding carboxylic acids is 1. The summed E-state index contributed by atoms with van der Waals surface area (Å²) in [7, 11) is -3.19. The summed E-state index contributed by atoms with van der Waals surface area (Å²) < 4.78 is 25.4. The highest BCUT2D eigenvalue weighted by Gasteiger charge is 2.31. The minimum atomic E-state index is -3.19. The van der Waals surface area contributed by atoms with Crippen LogP contribution in [0.2, 0.25) is 0 Å². The molecule has 0 spiro atoms. The summed E-state index contributed by atoms with van der Waals surface area (Å²) in [6.07, 6.45) is 5.11. The number of piperidine rings is 2. The van der Waals surface area contributed by atoms with Crippen LogP contribution < -0.4 is 5.32 Å². The maximum Gasteiger partial charge on any atom is 0.224 e. The SMILES string of the molecule is CCS(=O)(=O)N1CCCC(C(=O)NCCCN2CCCC(C)C2)C1. The third-order valence-corrected chi connectivity index (χ3v) is 7.05. The highest BCUT2D eigenvalue weighted by molar-refractivity contribution is 7.89. The second-order valence-corrected chi connectivity index (χ2v) is 9.55. The van der Waals surface area contributed by atoms with Gasteiger partial charge < -0.3 is 10.2 Å². The van der Waals surface area contributed by atoms with E-state index in [0.29, 0.717) is 19.6 Å². The maximum absolute atomic E-state index is 12.3. The van der Waals surface area contributed by atoms with E-state index in [-0.39, 0.29) is 17.6 Å². The van der Waals surface area contributed by atoms with Crippen molar-refractivity contribution in [3.63, 3.8) is 0 Å². The molecule has 140 valence electrons. The van der Waals surface area contributed by atoms with Crippen LogP contribution in [0.25, 0.3) is 0 Å². The number of hydrogen-bond donors (Lipinski definition) is 1. The summed E-state index contributed by atoms with van der Waals surface area (Å²) in [6.45, 7) is 8.89. The van der Waals surface area contributed by atoms with Crippen LogP contribution in [0.1, 0.15) is 46.0 Å². The molecular weight excluding hydrogens is 326 g/mol. The first kappa shape index (κ1) is 19.7. The number of carbonyl (C=O) groups is 1.